The maximum atomic E-state index is 12.2. The van der Waals surface area contributed by atoms with Gasteiger partial charge < -0.3 is 19.3 Å². The highest BCUT2D eigenvalue weighted by Gasteiger charge is 2.58. The third-order valence-electron chi connectivity index (χ3n) is 8.40. The van der Waals surface area contributed by atoms with Crippen molar-refractivity contribution < 1.29 is 33.7 Å². The molecule has 0 saturated heterocycles. The highest BCUT2D eigenvalue weighted by molar-refractivity contribution is 5.68. The van der Waals surface area contributed by atoms with E-state index in [1.807, 2.05) is 13.8 Å². The number of ether oxygens (including phenoxy) is 3. The first-order valence-corrected chi connectivity index (χ1v) is 11.8. The van der Waals surface area contributed by atoms with E-state index in [0.29, 0.717) is 25.7 Å². The molecule has 3 rings (SSSR count). The van der Waals surface area contributed by atoms with Crippen molar-refractivity contribution in [2.24, 2.45) is 22.7 Å². The van der Waals surface area contributed by atoms with E-state index in [4.69, 9.17) is 14.2 Å². The van der Waals surface area contributed by atoms with Gasteiger partial charge >= 0.3 is 17.9 Å². The highest BCUT2D eigenvalue weighted by atomic mass is 16.6. The Hall–Kier alpha value is -2.15. The quantitative estimate of drug-likeness (QED) is 0.386. The lowest BCUT2D eigenvalue weighted by Crippen LogP contribution is -2.58. The van der Waals surface area contributed by atoms with Gasteiger partial charge in [-0.05, 0) is 66.6 Å². The second kappa shape index (κ2) is 8.90. The highest BCUT2D eigenvalue weighted by Crippen LogP contribution is 2.59. The molecular weight excluding hydrogens is 424 g/mol. The van der Waals surface area contributed by atoms with Crippen molar-refractivity contribution in [1.29, 1.82) is 0 Å². The minimum Gasteiger partial charge on any atom is -0.458 e. The Morgan fingerprint density at radius 3 is 2.03 bits per heavy atom. The molecule has 0 aromatic carbocycles. The Kier molecular flexibility index (Phi) is 6.87. The minimum atomic E-state index is -0.998. The molecule has 7 heteroatoms. The second-order valence-corrected chi connectivity index (χ2v) is 10.8. The summed E-state index contributed by atoms with van der Waals surface area (Å²) in [5.41, 5.74) is 1.42. The van der Waals surface area contributed by atoms with Crippen LogP contribution in [-0.4, -0.2) is 47.4 Å². The molecule has 2 saturated carbocycles. The Labute approximate surface area is 196 Å². The van der Waals surface area contributed by atoms with Crippen molar-refractivity contribution in [3.8, 4) is 0 Å². The molecule has 0 aromatic heterocycles. The van der Waals surface area contributed by atoms with Gasteiger partial charge in [0, 0.05) is 26.2 Å². The molecule has 184 valence electrons. The van der Waals surface area contributed by atoms with Gasteiger partial charge in [0.05, 0.1) is 0 Å². The number of aliphatic hydroxyl groups excluding tert-OH is 1. The van der Waals surface area contributed by atoms with Gasteiger partial charge in [-0.3, -0.25) is 14.4 Å². The Balaban J connectivity index is 2.17. The van der Waals surface area contributed by atoms with Gasteiger partial charge in [-0.2, -0.15) is 0 Å². The first kappa shape index (κ1) is 25.5. The topological polar surface area (TPSA) is 99.1 Å². The number of fused-ring (bicyclic) bond motifs is 3. The summed E-state index contributed by atoms with van der Waals surface area (Å²) in [5, 5.41) is 11.8. The van der Waals surface area contributed by atoms with Gasteiger partial charge in [-0.25, -0.2) is 0 Å². The molecule has 33 heavy (non-hydrogen) atoms. The van der Waals surface area contributed by atoms with E-state index >= 15 is 0 Å². The average Bonchev–Trinajstić information content (AvgIpc) is 2.67. The molecule has 3 aliphatic carbocycles. The standard InChI is InChI=1S/C26H38O7/c1-13-19-11-18-12-21(32-16(4)28)14(2)22(25(18,6)7)23(33-17(5)29)24(30)26(19,8)10-9-20(13)31-15(3)27/h18-21,23-24,30H,1,9-12H2,2-8H3/t18-,19-,20+,21+,23-,24+,26-/m1/s1. The first-order chi connectivity index (χ1) is 15.2. The summed E-state index contributed by atoms with van der Waals surface area (Å²) >= 11 is 0. The van der Waals surface area contributed by atoms with Gasteiger partial charge in [0.2, 0.25) is 0 Å². The van der Waals surface area contributed by atoms with Crippen molar-refractivity contribution in [2.45, 2.75) is 98.6 Å². The first-order valence-electron chi connectivity index (χ1n) is 11.8. The summed E-state index contributed by atoms with van der Waals surface area (Å²) in [4.78, 5) is 35.7. The maximum Gasteiger partial charge on any atom is 0.303 e. The lowest BCUT2D eigenvalue weighted by Gasteiger charge is -2.57. The second-order valence-electron chi connectivity index (χ2n) is 10.8. The fourth-order valence-corrected chi connectivity index (χ4v) is 6.60. The zero-order valence-electron chi connectivity index (χ0n) is 20.9. The van der Waals surface area contributed by atoms with Crippen LogP contribution >= 0.6 is 0 Å². The van der Waals surface area contributed by atoms with Crippen LogP contribution in [0.5, 0.6) is 0 Å². The molecule has 0 spiro atoms. The number of hydrogen-bond donors (Lipinski definition) is 1. The number of hydrogen-bond acceptors (Lipinski definition) is 7. The van der Waals surface area contributed by atoms with Crippen LogP contribution in [0.2, 0.25) is 0 Å². The maximum absolute atomic E-state index is 12.2. The molecule has 2 fully saturated rings. The monoisotopic (exact) mass is 462 g/mol. The summed E-state index contributed by atoms with van der Waals surface area (Å²) in [6.45, 7) is 16.5. The largest absolute Gasteiger partial charge is 0.458 e. The van der Waals surface area contributed by atoms with E-state index in [2.05, 4.69) is 20.4 Å². The average molecular weight is 463 g/mol. The summed E-state index contributed by atoms with van der Waals surface area (Å²) in [6.07, 6.45) is -0.260. The van der Waals surface area contributed by atoms with Crippen molar-refractivity contribution in [1.82, 2.24) is 0 Å². The van der Waals surface area contributed by atoms with Gasteiger partial charge in [-0.15, -0.1) is 0 Å². The van der Waals surface area contributed by atoms with E-state index in [9.17, 15) is 19.5 Å². The summed E-state index contributed by atoms with van der Waals surface area (Å²) in [7, 11) is 0. The van der Waals surface area contributed by atoms with Crippen molar-refractivity contribution in [2.75, 3.05) is 0 Å². The summed E-state index contributed by atoms with van der Waals surface area (Å²) in [5.74, 6) is -1.30. The van der Waals surface area contributed by atoms with Gasteiger partial charge in [0.15, 0.2) is 6.10 Å². The number of esters is 3. The molecule has 2 bridgehead atoms. The third kappa shape index (κ3) is 4.48. The van der Waals surface area contributed by atoms with Crippen LogP contribution in [-0.2, 0) is 28.6 Å². The molecule has 3 aliphatic rings. The summed E-state index contributed by atoms with van der Waals surface area (Å²) in [6, 6.07) is 0. The van der Waals surface area contributed by atoms with E-state index in [1.165, 1.54) is 20.8 Å². The van der Waals surface area contributed by atoms with Crippen LogP contribution in [0.3, 0.4) is 0 Å². The Morgan fingerprint density at radius 1 is 0.939 bits per heavy atom. The molecule has 0 aromatic rings. The number of rotatable bonds is 3. The normalized spacial score (nSPS) is 37.9. The molecule has 1 N–H and O–H groups in total. The van der Waals surface area contributed by atoms with E-state index in [1.54, 1.807) is 0 Å². The van der Waals surface area contributed by atoms with E-state index < -0.39 is 41.2 Å². The van der Waals surface area contributed by atoms with Crippen LogP contribution in [0.1, 0.15) is 74.1 Å². The third-order valence-corrected chi connectivity index (χ3v) is 8.40. The molecule has 0 aliphatic heterocycles. The van der Waals surface area contributed by atoms with Gasteiger partial charge in [-0.1, -0.05) is 27.4 Å². The minimum absolute atomic E-state index is 0.0725. The Bertz CT molecular complexity index is 885. The predicted molar refractivity (Wildman–Crippen MR) is 122 cm³/mol. The molecule has 0 amide bonds. The van der Waals surface area contributed by atoms with Gasteiger partial charge in [0.25, 0.3) is 0 Å². The van der Waals surface area contributed by atoms with Crippen molar-refractivity contribution >= 4 is 17.9 Å². The van der Waals surface area contributed by atoms with Crippen LogP contribution in [0.25, 0.3) is 0 Å². The van der Waals surface area contributed by atoms with Crippen LogP contribution in [0.15, 0.2) is 23.3 Å². The van der Waals surface area contributed by atoms with E-state index in [0.717, 1.165) is 16.7 Å². The van der Waals surface area contributed by atoms with Crippen LogP contribution < -0.4 is 0 Å². The number of aliphatic hydroxyl groups is 1. The molecule has 7 atom stereocenters. The molecular formula is C26H38O7. The number of carbonyl (C=O) groups is 3. The van der Waals surface area contributed by atoms with Gasteiger partial charge in [0.1, 0.15) is 18.3 Å². The molecule has 0 heterocycles. The van der Waals surface area contributed by atoms with Crippen LogP contribution in [0, 0.1) is 22.7 Å². The lowest BCUT2D eigenvalue weighted by atomic mass is 9.50. The molecule has 0 radical (unpaired) electrons. The lowest BCUT2D eigenvalue weighted by molar-refractivity contribution is -0.169. The Morgan fingerprint density at radius 2 is 1.48 bits per heavy atom. The van der Waals surface area contributed by atoms with Crippen molar-refractivity contribution in [3.63, 3.8) is 0 Å². The smallest absolute Gasteiger partial charge is 0.303 e. The van der Waals surface area contributed by atoms with Crippen molar-refractivity contribution in [3.05, 3.63) is 23.3 Å². The fourth-order valence-electron chi connectivity index (χ4n) is 6.60. The molecule has 7 nitrogen and oxygen atoms in total. The summed E-state index contributed by atoms with van der Waals surface area (Å²) < 4.78 is 17.1. The predicted octanol–water partition coefficient (Wildman–Crippen LogP) is 3.88. The van der Waals surface area contributed by atoms with Crippen LogP contribution in [0.4, 0.5) is 0 Å². The SMILES string of the molecule is C=C1[C@@H](OC(C)=O)CC[C@]2(C)[C@@H]1C[C@@H]1C[C@H](OC(C)=O)C(C)=C([C@@H](OC(C)=O)[C@@H]2O)C1(C)C. The zero-order chi connectivity index (χ0) is 24.9. The zero-order valence-corrected chi connectivity index (χ0v) is 20.9. The number of carbonyl (C=O) groups excluding carboxylic acids is 3. The van der Waals surface area contributed by atoms with E-state index in [-0.39, 0.29) is 23.8 Å². The fraction of sp³-hybridized carbons (Fsp3) is 0.731. The molecule has 0 unspecified atom stereocenters.